The highest BCUT2D eigenvalue weighted by Gasteiger charge is 2.13. The first-order valence-corrected chi connectivity index (χ1v) is 8.22. The summed E-state index contributed by atoms with van der Waals surface area (Å²) in [6.45, 7) is 10.00. The number of H-pyrrole nitrogens is 1. The van der Waals surface area contributed by atoms with Crippen molar-refractivity contribution in [3.63, 3.8) is 0 Å². The number of aromatic nitrogens is 2. The van der Waals surface area contributed by atoms with Crippen LogP contribution in [0.15, 0.2) is 42.5 Å². The fourth-order valence-corrected chi connectivity index (χ4v) is 2.28. The number of benzene rings is 1. The number of aryl methyl sites for hydroxylation is 3. The zero-order valence-electron chi connectivity index (χ0n) is 15.4. The minimum absolute atomic E-state index is 0.120. The Balaban J connectivity index is 0.00000139. The number of hydrogen-bond acceptors (Lipinski definition) is 2. The van der Waals surface area contributed by atoms with Crippen LogP contribution in [-0.2, 0) is 0 Å². The minimum atomic E-state index is -0.120. The summed E-state index contributed by atoms with van der Waals surface area (Å²) in [5, 5.41) is 10.2. The minimum Gasteiger partial charge on any atom is -0.355 e. The van der Waals surface area contributed by atoms with E-state index in [-0.39, 0.29) is 5.91 Å². The molecule has 2 rings (SSSR count). The van der Waals surface area contributed by atoms with Crippen LogP contribution in [0.3, 0.4) is 0 Å². The number of amides is 1. The van der Waals surface area contributed by atoms with Gasteiger partial charge in [-0.1, -0.05) is 49.7 Å². The second kappa shape index (κ2) is 9.50. The number of carbonyl (C=O) groups excluding carboxylic acids is 1. The van der Waals surface area contributed by atoms with Crippen molar-refractivity contribution in [3.05, 3.63) is 64.8 Å². The molecule has 2 N–H and O–H groups in total. The predicted molar refractivity (Wildman–Crippen MR) is 101 cm³/mol. The van der Waals surface area contributed by atoms with Crippen LogP contribution in [0, 0.1) is 20.8 Å². The van der Waals surface area contributed by atoms with Crippen LogP contribution in [0.25, 0.3) is 11.3 Å². The highest BCUT2D eigenvalue weighted by Crippen LogP contribution is 2.24. The molecule has 0 fully saturated rings. The Labute approximate surface area is 144 Å². The Morgan fingerprint density at radius 3 is 2.38 bits per heavy atom. The van der Waals surface area contributed by atoms with Gasteiger partial charge in [0.25, 0.3) is 5.91 Å². The molecular weight excluding hydrogens is 298 g/mol. The van der Waals surface area contributed by atoms with Crippen molar-refractivity contribution in [2.24, 2.45) is 0 Å². The summed E-state index contributed by atoms with van der Waals surface area (Å²) in [6, 6.07) is 13.6. The van der Waals surface area contributed by atoms with Crippen molar-refractivity contribution in [1.82, 2.24) is 15.5 Å². The quantitative estimate of drug-likeness (QED) is 0.853. The van der Waals surface area contributed by atoms with Gasteiger partial charge in [0, 0.05) is 23.9 Å². The molecular formula is C20H27N3O. The zero-order valence-corrected chi connectivity index (χ0v) is 15.4. The molecule has 0 saturated heterocycles. The lowest BCUT2D eigenvalue weighted by atomic mass is 10.0. The third kappa shape index (κ3) is 4.95. The van der Waals surface area contributed by atoms with Gasteiger partial charge in [0.2, 0.25) is 0 Å². The van der Waals surface area contributed by atoms with E-state index >= 15 is 0 Å². The molecule has 24 heavy (non-hydrogen) atoms. The van der Waals surface area contributed by atoms with Crippen LogP contribution in [-0.4, -0.2) is 23.2 Å². The molecule has 1 aromatic heterocycles. The van der Waals surface area contributed by atoms with Crippen molar-refractivity contribution in [1.29, 1.82) is 0 Å². The molecule has 0 unspecified atom stereocenters. The van der Waals surface area contributed by atoms with Crippen LogP contribution in [0.2, 0.25) is 0 Å². The first-order valence-electron chi connectivity index (χ1n) is 8.22. The van der Waals surface area contributed by atoms with Gasteiger partial charge < -0.3 is 5.32 Å². The number of hydrogen-bond donors (Lipinski definition) is 2. The number of carbonyl (C=O) groups is 1. The molecule has 0 radical (unpaired) electrons. The largest absolute Gasteiger partial charge is 0.355 e. The standard InChI is InChI=1S/C18H21N3O.C2H6/c1-12-9-10-14(3)20-21-17(13(2)11-12)15-7-5-6-8-16(15)18(22)19-4;1-2/h5-11,20H,1-4H3,(H,19,22);1-2H3. The molecule has 0 spiro atoms. The molecule has 0 aliphatic heterocycles. The number of nitrogens with one attached hydrogen (secondary N) is 2. The van der Waals surface area contributed by atoms with Crippen molar-refractivity contribution < 1.29 is 4.79 Å². The van der Waals surface area contributed by atoms with Gasteiger partial charge in [0.15, 0.2) is 0 Å². The Hall–Kier alpha value is -2.62. The summed E-state index contributed by atoms with van der Waals surface area (Å²) in [5.74, 6) is -0.120. The smallest absolute Gasteiger partial charge is 0.251 e. The van der Waals surface area contributed by atoms with Crippen LogP contribution in [0.1, 0.15) is 41.0 Å². The SMILES string of the molecule is CC.CNC(=O)c1ccccc1-c1n[nH]c(C)ccc(C)cc1C. The molecule has 1 heterocycles. The normalized spacial score (nSPS) is 9.42. The van der Waals surface area contributed by atoms with Gasteiger partial charge in [-0.25, -0.2) is 0 Å². The van der Waals surface area contributed by atoms with Crippen LogP contribution in [0.5, 0.6) is 0 Å². The van der Waals surface area contributed by atoms with Crippen molar-refractivity contribution in [3.8, 4) is 11.3 Å². The summed E-state index contributed by atoms with van der Waals surface area (Å²) in [7, 11) is 1.63. The summed E-state index contributed by atoms with van der Waals surface area (Å²) < 4.78 is 0. The van der Waals surface area contributed by atoms with Crippen molar-refractivity contribution >= 4 is 5.91 Å². The maximum absolute atomic E-state index is 12.1. The lowest BCUT2D eigenvalue weighted by Gasteiger charge is -2.08. The first kappa shape index (κ1) is 19.4. The third-order valence-corrected chi connectivity index (χ3v) is 3.41. The van der Waals surface area contributed by atoms with E-state index in [1.807, 2.05) is 71.0 Å². The van der Waals surface area contributed by atoms with E-state index in [0.717, 1.165) is 28.1 Å². The molecule has 128 valence electrons. The highest BCUT2D eigenvalue weighted by atomic mass is 16.1. The van der Waals surface area contributed by atoms with Crippen molar-refractivity contribution in [2.45, 2.75) is 34.6 Å². The van der Waals surface area contributed by atoms with Gasteiger partial charge in [-0.15, -0.1) is 0 Å². The summed E-state index contributed by atoms with van der Waals surface area (Å²) in [6.07, 6.45) is 0. The predicted octanol–water partition coefficient (Wildman–Crippen LogP) is 4.51. The van der Waals surface area contributed by atoms with E-state index in [1.165, 1.54) is 0 Å². The Bertz CT molecular complexity index is 746. The van der Waals surface area contributed by atoms with E-state index in [2.05, 4.69) is 21.6 Å². The monoisotopic (exact) mass is 325 g/mol. The van der Waals surface area contributed by atoms with Crippen LogP contribution < -0.4 is 5.32 Å². The molecule has 0 aliphatic rings. The highest BCUT2D eigenvalue weighted by molar-refractivity contribution is 6.00. The summed E-state index contributed by atoms with van der Waals surface area (Å²) >= 11 is 0. The first-order chi connectivity index (χ1) is 11.5. The molecule has 1 aromatic carbocycles. The molecule has 0 atom stereocenters. The number of rotatable bonds is 2. The van der Waals surface area contributed by atoms with Gasteiger partial charge in [-0.3, -0.25) is 9.89 Å². The topological polar surface area (TPSA) is 57.8 Å². The molecule has 0 saturated carbocycles. The maximum Gasteiger partial charge on any atom is 0.251 e. The van der Waals surface area contributed by atoms with Gasteiger partial charge >= 0.3 is 0 Å². The molecule has 2 aromatic rings. The average molecular weight is 325 g/mol. The molecule has 4 nitrogen and oxygen atoms in total. The van der Waals surface area contributed by atoms with E-state index in [1.54, 1.807) is 7.05 Å². The lowest BCUT2D eigenvalue weighted by molar-refractivity contribution is 0.0963. The summed E-state index contributed by atoms with van der Waals surface area (Å²) in [5.41, 5.74) is 5.26. The van der Waals surface area contributed by atoms with E-state index in [0.29, 0.717) is 5.56 Å². The third-order valence-electron chi connectivity index (χ3n) is 3.41. The van der Waals surface area contributed by atoms with Crippen molar-refractivity contribution in [2.75, 3.05) is 7.05 Å². The van der Waals surface area contributed by atoms with E-state index in [4.69, 9.17) is 0 Å². The van der Waals surface area contributed by atoms with Gasteiger partial charge in [0.1, 0.15) is 0 Å². The van der Waals surface area contributed by atoms with Gasteiger partial charge in [-0.2, -0.15) is 5.10 Å². The molecule has 0 bridgehead atoms. The maximum atomic E-state index is 12.1. The Morgan fingerprint density at radius 1 is 1.04 bits per heavy atom. The van der Waals surface area contributed by atoms with E-state index in [9.17, 15) is 4.79 Å². The Morgan fingerprint density at radius 2 is 1.71 bits per heavy atom. The molecule has 4 heteroatoms. The molecule has 1 amide bonds. The zero-order chi connectivity index (χ0) is 18.1. The lowest BCUT2D eigenvalue weighted by Crippen LogP contribution is -2.18. The van der Waals surface area contributed by atoms with Crippen LogP contribution in [0.4, 0.5) is 0 Å². The second-order valence-corrected chi connectivity index (χ2v) is 5.28. The second-order valence-electron chi connectivity index (χ2n) is 5.28. The van der Waals surface area contributed by atoms with Crippen LogP contribution >= 0.6 is 0 Å². The Kier molecular flexibility index (Phi) is 7.69. The van der Waals surface area contributed by atoms with Gasteiger partial charge in [0.05, 0.1) is 5.69 Å². The van der Waals surface area contributed by atoms with Gasteiger partial charge in [-0.05, 0) is 38.5 Å². The average Bonchev–Trinajstić information content (AvgIpc) is 2.66. The fourth-order valence-electron chi connectivity index (χ4n) is 2.28. The summed E-state index contributed by atoms with van der Waals surface area (Å²) in [4.78, 5) is 12.1. The molecule has 0 aliphatic carbocycles. The number of nitrogens with zero attached hydrogens (tertiary/aromatic N) is 1. The number of aromatic amines is 1. The van der Waals surface area contributed by atoms with E-state index < -0.39 is 0 Å². The fraction of sp³-hybridized carbons (Fsp3) is 0.300.